The van der Waals surface area contributed by atoms with E-state index in [1.165, 1.54) is 9.15 Å². The summed E-state index contributed by atoms with van der Waals surface area (Å²) in [6.07, 6.45) is 1.70. The van der Waals surface area contributed by atoms with Crippen molar-refractivity contribution in [2.75, 3.05) is 0 Å². The average molecular weight is 379 g/mol. The third kappa shape index (κ3) is 3.48. The van der Waals surface area contributed by atoms with Gasteiger partial charge in [0, 0.05) is 0 Å². The second-order valence-electron chi connectivity index (χ2n) is 7.36. The molecule has 0 amide bonds. The summed E-state index contributed by atoms with van der Waals surface area (Å²) in [5, 5.41) is 0. The molecule has 1 fully saturated rings. The van der Waals surface area contributed by atoms with Crippen LogP contribution in [-0.4, -0.2) is 24.5 Å². The molecule has 0 spiro atoms. The van der Waals surface area contributed by atoms with Crippen LogP contribution in [0.15, 0.2) is 40.5 Å². The van der Waals surface area contributed by atoms with Crippen molar-refractivity contribution >= 4 is 18.4 Å². The quantitative estimate of drug-likeness (QED) is 0.652. The minimum absolute atomic E-state index is 0.249. The number of benzene rings is 1. The van der Waals surface area contributed by atoms with E-state index in [0.29, 0.717) is 17.9 Å². The summed E-state index contributed by atoms with van der Waals surface area (Å²) in [5.41, 5.74) is 1.32. The van der Waals surface area contributed by atoms with Gasteiger partial charge in [-0.15, -0.1) is 0 Å². The van der Waals surface area contributed by atoms with Crippen molar-refractivity contribution in [3.05, 3.63) is 46.1 Å². The maximum atomic E-state index is 6.41. The number of rotatable bonds is 4. The predicted molar refractivity (Wildman–Crippen MR) is 89.5 cm³/mol. The van der Waals surface area contributed by atoms with E-state index in [0.717, 1.165) is 6.42 Å². The molecule has 0 N–H and O–H groups in total. The zero-order valence-electron chi connectivity index (χ0n) is 13.5. The third-order valence-corrected chi connectivity index (χ3v) is 11.0. The Morgan fingerprint density at radius 3 is 2.30 bits per heavy atom. The summed E-state index contributed by atoms with van der Waals surface area (Å²) in [6, 6.07) is 10.7. The van der Waals surface area contributed by atoms with Crippen LogP contribution in [0.1, 0.15) is 31.9 Å². The van der Waals surface area contributed by atoms with Gasteiger partial charge in [0.05, 0.1) is 0 Å². The average Bonchev–Trinajstić information content (AvgIpc) is 2.82. The van der Waals surface area contributed by atoms with Crippen LogP contribution in [-0.2, 0) is 4.74 Å². The molecule has 1 aliphatic rings. The van der Waals surface area contributed by atoms with Gasteiger partial charge in [0.25, 0.3) is 0 Å². The normalized spacial score (nSPS) is 27.0. The molecule has 0 bridgehead atoms. The first-order chi connectivity index (χ1) is 9.30. The van der Waals surface area contributed by atoms with Crippen molar-refractivity contribution in [3.63, 3.8) is 0 Å². The molecular formula is C18H28OSn. The molecule has 0 radical (unpaired) electrons. The van der Waals surface area contributed by atoms with Crippen molar-refractivity contribution in [1.29, 1.82) is 0 Å². The molecule has 1 nitrogen and oxygen atoms in total. The van der Waals surface area contributed by atoms with Crippen molar-refractivity contribution in [2.24, 2.45) is 11.8 Å². The number of hydrogen-bond donors (Lipinski definition) is 0. The summed E-state index contributed by atoms with van der Waals surface area (Å²) in [6.45, 7) is 9.03. The van der Waals surface area contributed by atoms with Gasteiger partial charge in [-0.05, 0) is 0 Å². The van der Waals surface area contributed by atoms with Crippen LogP contribution in [0.3, 0.4) is 0 Å². The zero-order chi connectivity index (χ0) is 14.9. The van der Waals surface area contributed by atoms with Crippen LogP contribution in [0.4, 0.5) is 0 Å². The first-order valence-electron chi connectivity index (χ1n) is 7.70. The molecule has 2 rings (SSSR count). The fraction of sp³-hybridized carbons (Fsp3) is 0.556. The van der Waals surface area contributed by atoms with Gasteiger partial charge >= 0.3 is 128 Å². The molecule has 1 aromatic rings. The van der Waals surface area contributed by atoms with E-state index in [1.54, 1.807) is 0 Å². The molecule has 110 valence electrons. The Hall–Kier alpha value is -0.281. The fourth-order valence-corrected chi connectivity index (χ4v) is 7.09. The Labute approximate surface area is 128 Å². The van der Waals surface area contributed by atoms with Gasteiger partial charge in [-0.1, -0.05) is 0 Å². The Morgan fingerprint density at radius 2 is 1.80 bits per heavy atom. The molecule has 0 unspecified atom stereocenters. The Bertz CT molecular complexity index is 458. The topological polar surface area (TPSA) is 9.23 Å². The molecule has 0 aliphatic carbocycles. The molecule has 1 aliphatic heterocycles. The molecular weight excluding hydrogens is 351 g/mol. The van der Waals surface area contributed by atoms with Crippen LogP contribution in [0, 0.1) is 11.8 Å². The van der Waals surface area contributed by atoms with Crippen molar-refractivity contribution in [3.8, 4) is 0 Å². The first-order valence-corrected chi connectivity index (χ1v) is 17.7. The Kier molecular flexibility index (Phi) is 5.01. The van der Waals surface area contributed by atoms with Crippen molar-refractivity contribution in [1.82, 2.24) is 0 Å². The Balaban J connectivity index is 2.22. The Morgan fingerprint density at radius 1 is 1.20 bits per heavy atom. The summed E-state index contributed by atoms with van der Waals surface area (Å²) in [7, 11) is 0. The van der Waals surface area contributed by atoms with Gasteiger partial charge in [-0.2, -0.15) is 0 Å². The molecule has 0 saturated carbocycles. The molecule has 20 heavy (non-hydrogen) atoms. The van der Waals surface area contributed by atoms with Crippen molar-refractivity contribution in [2.45, 2.75) is 47.3 Å². The number of ether oxygens (including phenoxy) is 1. The molecule has 0 aromatic heterocycles. The van der Waals surface area contributed by atoms with E-state index < -0.39 is 18.4 Å². The maximum absolute atomic E-state index is 6.41. The monoisotopic (exact) mass is 380 g/mol. The van der Waals surface area contributed by atoms with Crippen LogP contribution >= 0.6 is 0 Å². The van der Waals surface area contributed by atoms with E-state index in [9.17, 15) is 0 Å². The van der Waals surface area contributed by atoms with E-state index in [-0.39, 0.29) is 6.10 Å². The SMILES string of the molecule is C=[C]([C@@H]1C[C@H](c2ccccc2)O[C@@H]1C(C)C)[Sn]([CH3])([CH3])[CH3]. The van der Waals surface area contributed by atoms with Gasteiger partial charge in [0.2, 0.25) is 0 Å². The van der Waals surface area contributed by atoms with E-state index in [4.69, 9.17) is 4.74 Å². The second-order valence-corrected chi connectivity index (χ2v) is 22.0. The van der Waals surface area contributed by atoms with Gasteiger partial charge in [-0.3, -0.25) is 0 Å². The summed E-state index contributed by atoms with van der Waals surface area (Å²) >= 11 is -2.07. The third-order valence-electron chi connectivity index (χ3n) is 4.43. The van der Waals surface area contributed by atoms with Crippen molar-refractivity contribution < 1.29 is 4.74 Å². The predicted octanol–water partition coefficient (Wildman–Crippen LogP) is 5.22. The molecule has 1 saturated heterocycles. The fourth-order valence-electron chi connectivity index (χ4n) is 3.11. The van der Waals surface area contributed by atoms with E-state index in [1.807, 2.05) is 0 Å². The summed E-state index contributed by atoms with van der Waals surface area (Å²) in [5.74, 6) is 1.11. The van der Waals surface area contributed by atoms with Gasteiger partial charge in [-0.25, -0.2) is 0 Å². The standard InChI is InChI=1S/C15H19O.3CH3.Sn/c1-4-12-10-14(16-15(12)11(2)3)13-8-6-5-7-9-13;;;;/h5-9,11-12,14-15H,1,10H2,2-3H3;3*1H3;/t12-,14-,15-;;;;/m1..../s1. The van der Waals surface area contributed by atoms with E-state index >= 15 is 0 Å². The van der Waals surface area contributed by atoms with Gasteiger partial charge < -0.3 is 0 Å². The minimum atomic E-state index is -2.07. The van der Waals surface area contributed by atoms with Crippen LogP contribution < -0.4 is 0 Å². The molecule has 1 heterocycles. The molecule has 3 atom stereocenters. The number of hydrogen-bond acceptors (Lipinski definition) is 1. The van der Waals surface area contributed by atoms with E-state index in [2.05, 4.69) is 65.6 Å². The molecule has 2 heteroatoms. The zero-order valence-corrected chi connectivity index (χ0v) is 16.4. The summed E-state index contributed by atoms with van der Waals surface area (Å²) in [4.78, 5) is 7.39. The molecule has 1 aromatic carbocycles. The summed E-state index contributed by atoms with van der Waals surface area (Å²) < 4.78 is 7.95. The first kappa shape index (κ1) is 16.1. The second kappa shape index (κ2) is 6.23. The van der Waals surface area contributed by atoms with Gasteiger partial charge in [0.1, 0.15) is 0 Å². The van der Waals surface area contributed by atoms with Gasteiger partial charge in [0.15, 0.2) is 0 Å². The van der Waals surface area contributed by atoms with Crippen LogP contribution in [0.2, 0.25) is 14.8 Å². The van der Waals surface area contributed by atoms with Crippen LogP contribution in [0.25, 0.3) is 0 Å². The van der Waals surface area contributed by atoms with Crippen LogP contribution in [0.5, 0.6) is 0 Å².